The molecule has 0 aliphatic carbocycles. The van der Waals surface area contributed by atoms with Crippen molar-refractivity contribution in [3.63, 3.8) is 0 Å². The van der Waals surface area contributed by atoms with E-state index in [-0.39, 0.29) is 24.0 Å². The molecule has 1 aromatic rings. The Bertz CT molecular complexity index is 483. The molecular formula is C12H15F2N3O2. The largest absolute Gasteiger partial charge is 0.409 e. The second kappa shape index (κ2) is 6.12. The molecule has 19 heavy (non-hydrogen) atoms. The second-order valence-corrected chi connectivity index (χ2v) is 4.28. The molecule has 0 unspecified atom stereocenters. The zero-order chi connectivity index (χ0) is 14.6. The van der Waals surface area contributed by atoms with Gasteiger partial charge in [-0.1, -0.05) is 5.16 Å². The molecule has 7 heteroatoms. The second-order valence-electron chi connectivity index (χ2n) is 4.28. The topological polar surface area (TPSA) is 78.9 Å². The average molecular weight is 271 g/mol. The number of carbonyl (C=O) groups is 1. The van der Waals surface area contributed by atoms with Crippen LogP contribution in [0.15, 0.2) is 23.4 Å². The fourth-order valence-corrected chi connectivity index (χ4v) is 1.54. The first-order chi connectivity index (χ1) is 8.85. The molecule has 1 aromatic carbocycles. The summed E-state index contributed by atoms with van der Waals surface area (Å²) in [5.74, 6) is -2.44. The molecule has 0 saturated heterocycles. The van der Waals surface area contributed by atoms with Crippen molar-refractivity contribution in [3.05, 3.63) is 35.4 Å². The number of benzene rings is 1. The summed E-state index contributed by atoms with van der Waals surface area (Å²) in [6, 6.07) is 2.28. The van der Waals surface area contributed by atoms with E-state index in [1.54, 1.807) is 13.8 Å². The number of nitrogens with zero attached hydrogens (tertiary/aromatic N) is 2. The Balaban J connectivity index is 3.05. The van der Waals surface area contributed by atoms with Crippen molar-refractivity contribution >= 4 is 11.7 Å². The van der Waals surface area contributed by atoms with E-state index in [2.05, 4.69) is 5.16 Å². The lowest BCUT2D eigenvalue weighted by Gasteiger charge is -2.26. The minimum atomic E-state index is -0.837. The Morgan fingerprint density at radius 2 is 1.89 bits per heavy atom. The van der Waals surface area contributed by atoms with Crippen molar-refractivity contribution in [1.29, 1.82) is 0 Å². The highest BCUT2D eigenvalue weighted by atomic mass is 19.1. The molecule has 3 N–H and O–H groups in total. The summed E-state index contributed by atoms with van der Waals surface area (Å²) in [4.78, 5) is 13.4. The molecule has 0 heterocycles. The van der Waals surface area contributed by atoms with Gasteiger partial charge in [0.2, 0.25) is 0 Å². The van der Waals surface area contributed by atoms with Crippen LogP contribution >= 0.6 is 0 Å². The van der Waals surface area contributed by atoms with Crippen LogP contribution in [-0.4, -0.2) is 34.4 Å². The number of nitrogens with two attached hydrogens (primary N) is 1. The molecular weight excluding hydrogens is 256 g/mol. The number of amidine groups is 1. The smallest absolute Gasteiger partial charge is 0.254 e. The maximum Gasteiger partial charge on any atom is 0.254 e. The maximum atomic E-state index is 13.1. The summed E-state index contributed by atoms with van der Waals surface area (Å²) >= 11 is 0. The fourth-order valence-electron chi connectivity index (χ4n) is 1.54. The van der Waals surface area contributed by atoms with Gasteiger partial charge in [-0.05, 0) is 26.0 Å². The van der Waals surface area contributed by atoms with E-state index in [1.807, 2.05) is 0 Å². The Hall–Kier alpha value is -2.18. The van der Waals surface area contributed by atoms with Gasteiger partial charge in [0.05, 0.1) is 6.54 Å². The molecule has 0 radical (unpaired) electrons. The third kappa shape index (κ3) is 3.90. The molecule has 0 fully saturated rings. The van der Waals surface area contributed by atoms with Crippen LogP contribution in [0.2, 0.25) is 0 Å². The third-order valence-electron chi connectivity index (χ3n) is 2.45. The minimum Gasteiger partial charge on any atom is -0.409 e. The zero-order valence-electron chi connectivity index (χ0n) is 10.6. The van der Waals surface area contributed by atoms with E-state index < -0.39 is 17.5 Å². The van der Waals surface area contributed by atoms with Crippen LogP contribution in [0.25, 0.3) is 0 Å². The summed E-state index contributed by atoms with van der Waals surface area (Å²) in [5.41, 5.74) is 5.22. The summed E-state index contributed by atoms with van der Waals surface area (Å²) < 4.78 is 26.2. The Labute approximate surface area is 109 Å². The normalized spacial score (nSPS) is 11.7. The highest BCUT2D eigenvalue weighted by Gasteiger charge is 2.21. The van der Waals surface area contributed by atoms with Gasteiger partial charge in [0.15, 0.2) is 5.84 Å². The highest BCUT2D eigenvalue weighted by Crippen LogP contribution is 2.12. The summed E-state index contributed by atoms with van der Waals surface area (Å²) in [5, 5.41) is 11.3. The first-order valence-electron chi connectivity index (χ1n) is 5.58. The Kier molecular flexibility index (Phi) is 4.80. The molecule has 0 aromatic heterocycles. The van der Waals surface area contributed by atoms with Crippen LogP contribution in [0, 0.1) is 11.6 Å². The molecule has 0 bridgehead atoms. The molecule has 0 aliphatic heterocycles. The summed E-state index contributed by atoms with van der Waals surface area (Å²) in [7, 11) is 0. The van der Waals surface area contributed by atoms with Gasteiger partial charge in [0.1, 0.15) is 11.6 Å². The summed E-state index contributed by atoms with van der Waals surface area (Å²) in [6.45, 7) is 3.28. The van der Waals surface area contributed by atoms with Crippen molar-refractivity contribution in [2.24, 2.45) is 10.9 Å². The predicted molar refractivity (Wildman–Crippen MR) is 65.9 cm³/mol. The van der Waals surface area contributed by atoms with Gasteiger partial charge in [0, 0.05) is 17.7 Å². The molecule has 0 aliphatic rings. The van der Waals surface area contributed by atoms with Crippen LogP contribution in [-0.2, 0) is 0 Å². The minimum absolute atomic E-state index is 0.128. The highest BCUT2D eigenvalue weighted by molar-refractivity contribution is 5.97. The number of halogens is 2. The number of hydrogen-bond donors (Lipinski definition) is 2. The van der Waals surface area contributed by atoms with Crippen LogP contribution in [0.5, 0.6) is 0 Å². The number of carbonyl (C=O) groups excluding carboxylic acids is 1. The van der Waals surface area contributed by atoms with Crippen LogP contribution in [0.1, 0.15) is 24.2 Å². The van der Waals surface area contributed by atoms with E-state index in [9.17, 15) is 13.6 Å². The first-order valence-corrected chi connectivity index (χ1v) is 5.58. The maximum absolute atomic E-state index is 13.1. The standard InChI is InChI=1S/C12H15F2N3O2/c1-7(2)17(6-11(15)16-19)12(18)8-3-9(13)5-10(14)4-8/h3-5,7,19H,6H2,1-2H3,(H2,15,16). The van der Waals surface area contributed by atoms with E-state index in [0.29, 0.717) is 6.07 Å². The Morgan fingerprint density at radius 3 is 2.32 bits per heavy atom. The molecule has 104 valence electrons. The van der Waals surface area contributed by atoms with Gasteiger partial charge in [-0.3, -0.25) is 4.79 Å². The molecule has 0 saturated carbocycles. The lowest BCUT2D eigenvalue weighted by Crippen LogP contribution is -2.42. The lowest BCUT2D eigenvalue weighted by atomic mass is 10.1. The fraction of sp³-hybridized carbons (Fsp3) is 0.333. The van der Waals surface area contributed by atoms with Gasteiger partial charge in [-0.25, -0.2) is 8.78 Å². The lowest BCUT2D eigenvalue weighted by molar-refractivity contribution is 0.0733. The zero-order valence-corrected chi connectivity index (χ0v) is 10.6. The van der Waals surface area contributed by atoms with Crippen molar-refractivity contribution in [1.82, 2.24) is 4.90 Å². The van der Waals surface area contributed by atoms with Gasteiger partial charge >= 0.3 is 0 Å². The first kappa shape index (κ1) is 14.9. The predicted octanol–water partition coefficient (Wildman–Crippen LogP) is 1.56. The van der Waals surface area contributed by atoms with Gasteiger partial charge in [0.25, 0.3) is 5.91 Å². The quantitative estimate of drug-likeness (QED) is 0.377. The molecule has 1 amide bonds. The molecule has 0 spiro atoms. The van der Waals surface area contributed by atoms with Gasteiger partial charge in [-0.2, -0.15) is 0 Å². The van der Waals surface area contributed by atoms with E-state index in [4.69, 9.17) is 10.9 Å². The van der Waals surface area contributed by atoms with Crippen molar-refractivity contribution < 1.29 is 18.8 Å². The SMILES string of the molecule is CC(C)N(CC(N)=NO)C(=O)c1cc(F)cc(F)c1. The van der Waals surface area contributed by atoms with E-state index in [0.717, 1.165) is 12.1 Å². The van der Waals surface area contributed by atoms with E-state index in [1.165, 1.54) is 4.90 Å². The number of amides is 1. The molecule has 1 rings (SSSR count). The molecule has 5 nitrogen and oxygen atoms in total. The summed E-state index contributed by atoms with van der Waals surface area (Å²) in [6.07, 6.45) is 0. The monoisotopic (exact) mass is 271 g/mol. The van der Waals surface area contributed by atoms with E-state index >= 15 is 0 Å². The third-order valence-corrected chi connectivity index (χ3v) is 2.45. The Morgan fingerprint density at radius 1 is 1.37 bits per heavy atom. The van der Waals surface area contributed by atoms with Gasteiger partial charge < -0.3 is 15.8 Å². The number of rotatable bonds is 4. The number of oxime groups is 1. The van der Waals surface area contributed by atoms with Crippen LogP contribution < -0.4 is 5.73 Å². The van der Waals surface area contributed by atoms with Crippen molar-refractivity contribution in [3.8, 4) is 0 Å². The van der Waals surface area contributed by atoms with Crippen LogP contribution in [0.4, 0.5) is 8.78 Å². The number of hydrogen-bond acceptors (Lipinski definition) is 3. The van der Waals surface area contributed by atoms with Crippen molar-refractivity contribution in [2.45, 2.75) is 19.9 Å². The average Bonchev–Trinajstić information content (AvgIpc) is 2.33. The van der Waals surface area contributed by atoms with Crippen LogP contribution in [0.3, 0.4) is 0 Å². The molecule has 0 atom stereocenters. The van der Waals surface area contributed by atoms with Crippen molar-refractivity contribution in [2.75, 3.05) is 6.54 Å². The van der Waals surface area contributed by atoms with Gasteiger partial charge in [-0.15, -0.1) is 0 Å².